The molecule has 0 aromatic heterocycles. The molecule has 2 fully saturated rings. The summed E-state index contributed by atoms with van der Waals surface area (Å²) in [5.41, 5.74) is 4.93. The van der Waals surface area contributed by atoms with Crippen LogP contribution in [0.5, 0.6) is 0 Å². The van der Waals surface area contributed by atoms with Crippen LogP contribution in [0.3, 0.4) is 0 Å². The molecule has 2 saturated carbocycles. The molecule has 0 radical (unpaired) electrons. The van der Waals surface area contributed by atoms with E-state index in [1.165, 1.54) is 80.9 Å². The fourth-order valence-electron chi connectivity index (χ4n) is 6.65. The van der Waals surface area contributed by atoms with Crippen LogP contribution in [0, 0.1) is 11.8 Å². The van der Waals surface area contributed by atoms with Gasteiger partial charge in [0, 0.05) is 0 Å². The number of rotatable bonds is 12. The van der Waals surface area contributed by atoms with E-state index in [4.69, 9.17) is 4.74 Å². The molecular formula is C35H50O2. The highest BCUT2D eigenvalue weighted by atomic mass is 16.5. The molecule has 2 aliphatic rings. The first-order chi connectivity index (χ1) is 18.1. The van der Waals surface area contributed by atoms with Gasteiger partial charge in [0.1, 0.15) is 6.10 Å². The summed E-state index contributed by atoms with van der Waals surface area (Å²) in [5, 5.41) is 0. The summed E-state index contributed by atoms with van der Waals surface area (Å²) in [6.07, 6.45) is 20.3. The third-order valence-electron chi connectivity index (χ3n) is 9.15. The van der Waals surface area contributed by atoms with Crippen LogP contribution in [-0.4, -0.2) is 12.1 Å². The van der Waals surface area contributed by atoms with Gasteiger partial charge in [0.15, 0.2) is 0 Å². The third-order valence-corrected chi connectivity index (χ3v) is 9.15. The number of benzene rings is 2. The quantitative estimate of drug-likeness (QED) is 0.213. The van der Waals surface area contributed by atoms with Gasteiger partial charge in [-0.15, -0.1) is 0 Å². The van der Waals surface area contributed by atoms with Gasteiger partial charge in [0.2, 0.25) is 0 Å². The van der Waals surface area contributed by atoms with E-state index in [2.05, 4.69) is 50.2 Å². The van der Waals surface area contributed by atoms with Crippen molar-refractivity contribution < 1.29 is 9.53 Å². The highest BCUT2D eigenvalue weighted by Crippen LogP contribution is 2.35. The van der Waals surface area contributed by atoms with Crippen molar-refractivity contribution in [2.75, 3.05) is 0 Å². The maximum absolute atomic E-state index is 12.8. The SMILES string of the molecule is CCCCC[C@H]1CC[C@H](CCc2ccc(C(=O)O[C@H]3CC[C@H](c4ccc(CCC)cc4)CC3)cc2)CC1. The smallest absolute Gasteiger partial charge is 0.338 e. The molecule has 0 bridgehead atoms. The van der Waals surface area contributed by atoms with E-state index < -0.39 is 0 Å². The Hall–Kier alpha value is -2.09. The van der Waals surface area contributed by atoms with Crippen LogP contribution in [-0.2, 0) is 17.6 Å². The van der Waals surface area contributed by atoms with Crippen molar-refractivity contribution in [2.45, 2.75) is 129 Å². The molecule has 2 heteroatoms. The lowest BCUT2D eigenvalue weighted by Crippen LogP contribution is -2.24. The van der Waals surface area contributed by atoms with Gasteiger partial charge in [-0.25, -0.2) is 4.79 Å². The van der Waals surface area contributed by atoms with Gasteiger partial charge in [-0.1, -0.05) is 108 Å². The molecule has 0 aliphatic heterocycles. The van der Waals surface area contributed by atoms with Gasteiger partial charge < -0.3 is 4.74 Å². The molecule has 0 N–H and O–H groups in total. The number of ether oxygens (including phenoxy) is 1. The maximum Gasteiger partial charge on any atom is 0.338 e. The summed E-state index contributed by atoms with van der Waals surface area (Å²) < 4.78 is 5.91. The van der Waals surface area contributed by atoms with Crippen molar-refractivity contribution >= 4 is 5.97 Å². The Morgan fingerprint density at radius 3 is 1.89 bits per heavy atom. The lowest BCUT2D eigenvalue weighted by Gasteiger charge is -2.29. The van der Waals surface area contributed by atoms with Crippen LogP contribution in [0.25, 0.3) is 0 Å². The van der Waals surface area contributed by atoms with Crippen LogP contribution in [0.15, 0.2) is 48.5 Å². The number of esters is 1. The van der Waals surface area contributed by atoms with Gasteiger partial charge in [0.05, 0.1) is 5.56 Å². The van der Waals surface area contributed by atoms with Crippen molar-refractivity contribution in [2.24, 2.45) is 11.8 Å². The Morgan fingerprint density at radius 2 is 1.27 bits per heavy atom. The minimum absolute atomic E-state index is 0.0555. The number of carbonyl (C=O) groups is 1. The number of hydrogen-bond donors (Lipinski definition) is 0. The van der Waals surface area contributed by atoms with Crippen molar-refractivity contribution in [1.29, 1.82) is 0 Å². The fourth-order valence-corrected chi connectivity index (χ4v) is 6.65. The fraction of sp³-hybridized carbons (Fsp3) is 0.629. The predicted octanol–water partition coefficient (Wildman–Crippen LogP) is 9.84. The molecule has 4 rings (SSSR count). The zero-order valence-corrected chi connectivity index (χ0v) is 23.6. The second-order valence-electron chi connectivity index (χ2n) is 12.0. The van der Waals surface area contributed by atoms with E-state index in [0.29, 0.717) is 11.5 Å². The van der Waals surface area contributed by atoms with Gasteiger partial charge in [-0.05, 0) is 91.5 Å². The van der Waals surface area contributed by atoms with Crippen molar-refractivity contribution in [3.63, 3.8) is 0 Å². The Balaban J connectivity index is 1.15. The summed E-state index contributed by atoms with van der Waals surface area (Å²) in [6.45, 7) is 4.53. The van der Waals surface area contributed by atoms with E-state index >= 15 is 0 Å². The predicted molar refractivity (Wildman–Crippen MR) is 155 cm³/mol. The average Bonchev–Trinajstić information content (AvgIpc) is 2.94. The van der Waals surface area contributed by atoms with Crippen molar-refractivity contribution in [3.05, 3.63) is 70.8 Å². The molecule has 2 aliphatic carbocycles. The van der Waals surface area contributed by atoms with Gasteiger partial charge in [-0.2, -0.15) is 0 Å². The third kappa shape index (κ3) is 8.72. The summed E-state index contributed by atoms with van der Waals surface area (Å²) in [6, 6.07) is 17.4. The molecule has 0 unspecified atom stereocenters. The largest absolute Gasteiger partial charge is 0.459 e. The van der Waals surface area contributed by atoms with Crippen molar-refractivity contribution in [1.82, 2.24) is 0 Å². The minimum atomic E-state index is -0.152. The molecule has 2 aromatic carbocycles. The number of unbranched alkanes of at least 4 members (excludes halogenated alkanes) is 2. The Labute approximate surface area is 226 Å². The van der Waals surface area contributed by atoms with Crippen LogP contribution < -0.4 is 0 Å². The molecule has 0 atom stereocenters. The minimum Gasteiger partial charge on any atom is -0.459 e. The summed E-state index contributed by atoms with van der Waals surface area (Å²) in [7, 11) is 0. The molecule has 0 amide bonds. The monoisotopic (exact) mass is 502 g/mol. The maximum atomic E-state index is 12.8. The van der Waals surface area contributed by atoms with Crippen LogP contribution in [0.4, 0.5) is 0 Å². The first-order valence-electron chi connectivity index (χ1n) is 15.5. The van der Waals surface area contributed by atoms with Gasteiger partial charge in [-0.3, -0.25) is 0 Å². The summed E-state index contributed by atoms with van der Waals surface area (Å²) in [5.74, 6) is 2.32. The zero-order chi connectivity index (χ0) is 25.9. The van der Waals surface area contributed by atoms with E-state index in [9.17, 15) is 4.79 Å². The first-order valence-corrected chi connectivity index (χ1v) is 15.5. The van der Waals surface area contributed by atoms with Crippen LogP contribution >= 0.6 is 0 Å². The van der Waals surface area contributed by atoms with E-state index in [-0.39, 0.29) is 12.1 Å². The van der Waals surface area contributed by atoms with Crippen molar-refractivity contribution in [3.8, 4) is 0 Å². The topological polar surface area (TPSA) is 26.3 Å². The molecule has 0 spiro atoms. The molecule has 2 aromatic rings. The number of aryl methyl sites for hydroxylation is 2. The number of hydrogen-bond acceptors (Lipinski definition) is 2. The molecule has 0 heterocycles. The second kappa shape index (κ2) is 14.7. The Kier molecular flexibility index (Phi) is 11.1. The molecular weight excluding hydrogens is 452 g/mol. The van der Waals surface area contributed by atoms with Gasteiger partial charge in [0.25, 0.3) is 0 Å². The lowest BCUT2D eigenvalue weighted by atomic mass is 9.78. The van der Waals surface area contributed by atoms with Gasteiger partial charge >= 0.3 is 5.97 Å². The second-order valence-corrected chi connectivity index (χ2v) is 12.0. The number of carbonyl (C=O) groups excluding carboxylic acids is 1. The lowest BCUT2D eigenvalue weighted by molar-refractivity contribution is 0.0195. The average molecular weight is 503 g/mol. The summed E-state index contributed by atoms with van der Waals surface area (Å²) >= 11 is 0. The molecule has 0 saturated heterocycles. The molecule has 202 valence electrons. The first kappa shape index (κ1) is 27.9. The standard InChI is InChI=1S/C35H50O2/c1-3-5-6-8-28-9-11-29(12-10-28)13-14-30-17-21-33(22-18-30)35(36)37-34-25-23-32(24-26-34)31-19-15-27(7-4-2)16-20-31/h15-22,28-29,32,34H,3-14,23-26H2,1-2H3/t28-,29-,32-,34-. The highest BCUT2D eigenvalue weighted by molar-refractivity contribution is 5.89. The Morgan fingerprint density at radius 1 is 0.676 bits per heavy atom. The normalized spacial score (nSPS) is 24.1. The van der Waals surface area contributed by atoms with Crippen LogP contribution in [0.1, 0.15) is 137 Å². The van der Waals surface area contributed by atoms with E-state index in [0.717, 1.165) is 50.4 Å². The van der Waals surface area contributed by atoms with E-state index in [1.54, 1.807) is 0 Å². The molecule has 2 nitrogen and oxygen atoms in total. The van der Waals surface area contributed by atoms with E-state index in [1.807, 2.05) is 12.1 Å². The molecule has 37 heavy (non-hydrogen) atoms. The van der Waals surface area contributed by atoms with Crippen LogP contribution in [0.2, 0.25) is 0 Å². The highest BCUT2D eigenvalue weighted by Gasteiger charge is 2.25. The zero-order valence-electron chi connectivity index (χ0n) is 23.6. The Bertz CT molecular complexity index is 913. The summed E-state index contributed by atoms with van der Waals surface area (Å²) in [4.78, 5) is 12.8.